The number of nitro groups is 1. The molecule has 1 aromatic carbocycles. The van der Waals surface area contributed by atoms with Crippen molar-refractivity contribution in [2.24, 2.45) is 0 Å². The molecule has 0 saturated heterocycles. The van der Waals surface area contributed by atoms with Crippen molar-refractivity contribution in [1.82, 2.24) is 0 Å². The van der Waals surface area contributed by atoms with Crippen LogP contribution in [0.5, 0.6) is 5.75 Å². The third-order valence-corrected chi connectivity index (χ3v) is 4.43. The number of nitrogens with zero attached hydrogens (tertiary/aromatic N) is 1. The number of halogens is 3. The Morgan fingerprint density at radius 1 is 1.19 bits per heavy atom. The van der Waals surface area contributed by atoms with Crippen molar-refractivity contribution in [3.05, 3.63) is 31.2 Å². The number of nitro benzene ring substituents is 1. The highest BCUT2D eigenvalue weighted by atomic mass is 79.9. The lowest BCUT2D eigenvalue weighted by Crippen LogP contribution is -2.12. The molecule has 0 bridgehead atoms. The average Bonchev–Trinajstić information content (AvgIpc) is 2.34. The number of hydrogen-bond donors (Lipinski definition) is 0. The van der Waals surface area contributed by atoms with Gasteiger partial charge in [0.15, 0.2) is 0 Å². The summed E-state index contributed by atoms with van der Waals surface area (Å²) < 4.78 is 32.6. The van der Waals surface area contributed by atoms with Crippen molar-refractivity contribution in [2.45, 2.75) is 0 Å². The van der Waals surface area contributed by atoms with E-state index in [1.807, 2.05) is 0 Å². The zero-order valence-corrected chi connectivity index (χ0v) is 15.2. The largest absolute Gasteiger partial charge is 0.489 e. The van der Waals surface area contributed by atoms with Gasteiger partial charge < -0.3 is 9.47 Å². The van der Waals surface area contributed by atoms with Crippen molar-refractivity contribution in [3.63, 3.8) is 0 Å². The molecule has 0 saturated carbocycles. The SMILES string of the molecule is O=[N+]([O-])c1cc(Br)c(OCCOCCS(=O)(=O)Cl)c(Br)c1. The van der Waals surface area contributed by atoms with Gasteiger partial charge in [0.25, 0.3) is 5.69 Å². The van der Waals surface area contributed by atoms with E-state index in [-0.39, 0.29) is 31.3 Å². The number of rotatable bonds is 8. The van der Waals surface area contributed by atoms with Crippen LogP contribution in [0.4, 0.5) is 5.69 Å². The molecular weight excluding hydrogens is 457 g/mol. The molecule has 21 heavy (non-hydrogen) atoms. The minimum absolute atomic E-state index is 0.0300. The molecule has 0 aromatic heterocycles. The van der Waals surface area contributed by atoms with Crippen molar-refractivity contribution in [2.75, 3.05) is 25.6 Å². The highest BCUT2D eigenvalue weighted by molar-refractivity contribution is 9.11. The summed E-state index contributed by atoms with van der Waals surface area (Å²) in [6, 6.07) is 2.64. The van der Waals surface area contributed by atoms with Crippen LogP contribution in [0.1, 0.15) is 0 Å². The molecule has 0 radical (unpaired) electrons. The maximum Gasteiger partial charge on any atom is 0.271 e. The van der Waals surface area contributed by atoms with Gasteiger partial charge in [-0.25, -0.2) is 8.42 Å². The van der Waals surface area contributed by atoms with Gasteiger partial charge in [-0.1, -0.05) is 0 Å². The second kappa shape index (κ2) is 8.28. The lowest BCUT2D eigenvalue weighted by atomic mass is 10.3. The monoisotopic (exact) mass is 465 g/mol. The van der Waals surface area contributed by atoms with Gasteiger partial charge in [0.1, 0.15) is 12.4 Å². The van der Waals surface area contributed by atoms with E-state index in [4.69, 9.17) is 20.2 Å². The summed E-state index contributed by atoms with van der Waals surface area (Å²) in [7, 11) is 1.46. The van der Waals surface area contributed by atoms with E-state index in [1.54, 1.807) is 0 Å². The smallest absolute Gasteiger partial charge is 0.271 e. The van der Waals surface area contributed by atoms with Gasteiger partial charge in [0.05, 0.1) is 32.8 Å². The number of ether oxygens (including phenoxy) is 2. The first-order valence-corrected chi connectivity index (χ1v) is 9.53. The van der Waals surface area contributed by atoms with Gasteiger partial charge in [0, 0.05) is 22.8 Å². The fourth-order valence-electron chi connectivity index (χ4n) is 1.25. The second-order valence-electron chi connectivity index (χ2n) is 3.70. The van der Waals surface area contributed by atoms with E-state index in [0.717, 1.165) is 0 Å². The number of non-ortho nitro benzene ring substituents is 1. The summed E-state index contributed by atoms with van der Waals surface area (Å²) in [4.78, 5) is 10.2. The molecule has 0 aliphatic rings. The molecule has 0 N–H and O–H groups in total. The fourth-order valence-corrected chi connectivity index (χ4v) is 3.15. The molecule has 0 fully saturated rings. The van der Waals surface area contributed by atoms with Crippen LogP contribution in [-0.4, -0.2) is 38.9 Å². The Labute approximate surface area is 142 Å². The van der Waals surface area contributed by atoms with Gasteiger partial charge in [-0.05, 0) is 31.9 Å². The number of hydrogen-bond acceptors (Lipinski definition) is 6. The Hall–Kier alpha value is -0.420. The molecule has 1 rings (SSSR count). The molecule has 11 heteroatoms. The van der Waals surface area contributed by atoms with Gasteiger partial charge in [-0.2, -0.15) is 0 Å². The lowest BCUT2D eigenvalue weighted by molar-refractivity contribution is -0.385. The molecule has 0 amide bonds. The second-order valence-corrected chi connectivity index (χ2v) is 8.30. The highest BCUT2D eigenvalue weighted by Gasteiger charge is 2.15. The Balaban J connectivity index is 2.48. The predicted molar refractivity (Wildman–Crippen MR) is 84.5 cm³/mol. The van der Waals surface area contributed by atoms with Crippen LogP contribution in [0.2, 0.25) is 0 Å². The molecule has 0 spiro atoms. The van der Waals surface area contributed by atoms with Crippen molar-refractivity contribution >= 4 is 57.3 Å². The van der Waals surface area contributed by atoms with Crippen LogP contribution < -0.4 is 4.74 Å². The van der Waals surface area contributed by atoms with Gasteiger partial charge in [-0.15, -0.1) is 0 Å². The maximum atomic E-state index is 10.7. The summed E-state index contributed by atoms with van der Waals surface area (Å²) in [5.41, 5.74) is -0.0790. The van der Waals surface area contributed by atoms with E-state index >= 15 is 0 Å². The summed E-state index contributed by atoms with van der Waals surface area (Å²) in [6.07, 6.45) is 0. The molecule has 0 aliphatic heterocycles. The molecule has 0 aliphatic carbocycles. The first-order chi connectivity index (χ1) is 9.70. The summed E-state index contributed by atoms with van der Waals surface area (Å²) >= 11 is 6.36. The number of benzene rings is 1. The third-order valence-electron chi connectivity index (χ3n) is 2.14. The van der Waals surface area contributed by atoms with E-state index in [1.165, 1.54) is 12.1 Å². The Morgan fingerprint density at radius 3 is 2.24 bits per heavy atom. The Morgan fingerprint density at radius 2 is 1.76 bits per heavy atom. The zero-order valence-electron chi connectivity index (χ0n) is 10.4. The molecule has 0 heterocycles. The van der Waals surface area contributed by atoms with Crippen LogP contribution >= 0.6 is 42.5 Å². The topological polar surface area (TPSA) is 95.7 Å². The maximum absolute atomic E-state index is 10.7. The lowest BCUT2D eigenvalue weighted by Gasteiger charge is -2.10. The van der Waals surface area contributed by atoms with Gasteiger partial charge in [0.2, 0.25) is 9.05 Å². The van der Waals surface area contributed by atoms with Crippen LogP contribution in [0.15, 0.2) is 21.1 Å². The molecular formula is C10H10Br2ClNO6S. The van der Waals surface area contributed by atoms with Gasteiger partial charge in [-0.3, -0.25) is 10.1 Å². The molecule has 118 valence electrons. The predicted octanol–water partition coefficient (Wildman–Crippen LogP) is 3.08. The fraction of sp³-hybridized carbons (Fsp3) is 0.400. The first kappa shape index (κ1) is 18.6. The van der Waals surface area contributed by atoms with Gasteiger partial charge >= 0.3 is 0 Å². The van der Waals surface area contributed by atoms with Crippen LogP contribution in [0.3, 0.4) is 0 Å². The Kier molecular flexibility index (Phi) is 7.34. The van der Waals surface area contributed by atoms with Crippen molar-refractivity contribution < 1.29 is 22.8 Å². The third kappa shape index (κ3) is 6.92. The van der Waals surface area contributed by atoms with Crippen LogP contribution in [0, 0.1) is 10.1 Å². The molecule has 0 unspecified atom stereocenters. The van der Waals surface area contributed by atoms with Crippen LogP contribution in [-0.2, 0) is 13.8 Å². The minimum Gasteiger partial charge on any atom is -0.489 e. The van der Waals surface area contributed by atoms with Crippen LogP contribution in [0.25, 0.3) is 0 Å². The van der Waals surface area contributed by atoms with Crippen molar-refractivity contribution in [1.29, 1.82) is 0 Å². The standard InChI is InChI=1S/C10H10Br2ClNO6S/c11-8-5-7(14(15)16)6-9(12)10(8)20-2-1-19-3-4-21(13,17)18/h5-6H,1-4H2. The summed E-state index contributed by atoms with van der Waals surface area (Å²) in [5, 5.41) is 10.7. The first-order valence-electron chi connectivity index (χ1n) is 5.47. The minimum atomic E-state index is -3.56. The van der Waals surface area contributed by atoms with E-state index in [0.29, 0.717) is 14.7 Å². The van der Waals surface area contributed by atoms with E-state index < -0.39 is 14.0 Å². The van der Waals surface area contributed by atoms with E-state index in [2.05, 4.69) is 31.9 Å². The quantitative estimate of drug-likeness (QED) is 0.252. The molecule has 0 atom stereocenters. The summed E-state index contributed by atoms with van der Waals surface area (Å²) in [6.45, 7) is 0.275. The normalized spacial score (nSPS) is 11.4. The Bertz CT molecular complexity index is 601. The average molecular weight is 468 g/mol. The molecule has 1 aromatic rings. The summed E-state index contributed by atoms with van der Waals surface area (Å²) in [5.74, 6) is 0.119. The molecule has 7 nitrogen and oxygen atoms in total. The highest BCUT2D eigenvalue weighted by Crippen LogP contribution is 2.37. The van der Waals surface area contributed by atoms with E-state index in [9.17, 15) is 18.5 Å². The van der Waals surface area contributed by atoms with Crippen molar-refractivity contribution in [3.8, 4) is 5.75 Å². The zero-order chi connectivity index (χ0) is 16.0.